The average molecular weight is 1370 g/mol. The number of aliphatic hydroxyl groups excluding tert-OH is 8. The summed E-state index contributed by atoms with van der Waals surface area (Å²) < 4.78 is 22.9. The first-order chi connectivity index (χ1) is 47.1. The predicted molar refractivity (Wildman–Crippen MR) is 397 cm³/mol. The first-order valence-corrected chi connectivity index (χ1v) is 41.6. The van der Waals surface area contributed by atoms with Crippen molar-refractivity contribution in [3.8, 4) is 0 Å². The molecule has 14 heteroatoms. The van der Waals surface area contributed by atoms with E-state index < -0.39 is 86.8 Å². The van der Waals surface area contributed by atoms with Crippen LogP contribution in [0.3, 0.4) is 0 Å². The SMILES string of the molecule is CCCCCCCCCCCCCCCCCCCCC/C=C/CC/C=C/C(O)C(COC1OC(CO)C(OC2OC(CO)C(O)C(O)C2O)C(O)C1O)NC(=O)CCCCCCCCCCCCCCCCCCCCCCCCCCCCCCCCCCCCCCC. The number of aliphatic hydroxyl groups is 8. The molecule has 0 spiro atoms. The maximum atomic E-state index is 13.4. The van der Waals surface area contributed by atoms with Crippen LogP contribution in [-0.2, 0) is 23.7 Å². The highest BCUT2D eigenvalue weighted by Gasteiger charge is 2.51. The third-order valence-electron chi connectivity index (χ3n) is 20.6. The van der Waals surface area contributed by atoms with Crippen molar-refractivity contribution in [1.29, 1.82) is 0 Å². The summed E-state index contributed by atoms with van der Waals surface area (Å²) in [5, 5.41) is 87.7. The van der Waals surface area contributed by atoms with Crippen LogP contribution in [0.1, 0.15) is 399 Å². The smallest absolute Gasteiger partial charge is 0.220 e. The molecule has 0 aromatic carbocycles. The van der Waals surface area contributed by atoms with Crippen LogP contribution in [0.25, 0.3) is 0 Å². The molecule has 12 unspecified atom stereocenters. The van der Waals surface area contributed by atoms with E-state index in [1.807, 2.05) is 6.08 Å². The first kappa shape index (κ1) is 90.6. The Balaban J connectivity index is 1.59. The van der Waals surface area contributed by atoms with Crippen LogP contribution in [0.5, 0.6) is 0 Å². The summed E-state index contributed by atoms with van der Waals surface area (Å²) in [5.41, 5.74) is 0. The first-order valence-electron chi connectivity index (χ1n) is 41.6. The molecule has 1 amide bonds. The van der Waals surface area contributed by atoms with Crippen molar-refractivity contribution < 1.29 is 64.6 Å². The number of carbonyl (C=O) groups excluding carboxylic acids is 1. The van der Waals surface area contributed by atoms with Crippen molar-refractivity contribution >= 4 is 5.91 Å². The summed E-state index contributed by atoms with van der Waals surface area (Å²) in [4.78, 5) is 13.4. The molecule has 0 saturated carbocycles. The van der Waals surface area contributed by atoms with Gasteiger partial charge in [-0.05, 0) is 32.1 Å². The molecule has 96 heavy (non-hydrogen) atoms. The van der Waals surface area contributed by atoms with E-state index in [9.17, 15) is 45.6 Å². The zero-order valence-electron chi connectivity index (χ0n) is 62.4. The second-order valence-corrected chi connectivity index (χ2v) is 29.6. The molecule has 9 N–H and O–H groups in total. The molecule has 2 aliphatic heterocycles. The molecule has 12 atom stereocenters. The van der Waals surface area contributed by atoms with Gasteiger partial charge in [0.15, 0.2) is 12.6 Å². The molecule has 2 heterocycles. The fraction of sp³-hybridized carbons (Fsp3) is 0.939. The Morgan fingerprint density at radius 3 is 1.02 bits per heavy atom. The van der Waals surface area contributed by atoms with Crippen LogP contribution in [0.15, 0.2) is 24.3 Å². The summed E-state index contributed by atoms with van der Waals surface area (Å²) in [5.74, 6) is -0.239. The van der Waals surface area contributed by atoms with E-state index in [2.05, 4.69) is 31.3 Å². The normalized spacial score (nSPS) is 22.3. The number of rotatable bonds is 71. The summed E-state index contributed by atoms with van der Waals surface area (Å²) in [6, 6.07) is -0.930. The van der Waals surface area contributed by atoms with Gasteiger partial charge in [-0.1, -0.05) is 385 Å². The fourth-order valence-electron chi connectivity index (χ4n) is 14.1. The molecule has 568 valence electrons. The monoisotopic (exact) mass is 1360 g/mol. The lowest BCUT2D eigenvalue weighted by molar-refractivity contribution is -0.359. The van der Waals surface area contributed by atoms with Gasteiger partial charge in [-0.3, -0.25) is 4.79 Å². The summed E-state index contributed by atoms with van der Waals surface area (Å²) >= 11 is 0. The Morgan fingerprint density at radius 2 is 0.667 bits per heavy atom. The number of allylic oxidation sites excluding steroid dienone is 3. The number of amides is 1. The Hall–Kier alpha value is -1.53. The topological polar surface area (TPSA) is 228 Å². The van der Waals surface area contributed by atoms with Gasteiger partial charge in [0, 0.05) is 6.42 Å². The lowest BCUT2D eigenvalue weighted by Gasteiger charge is -2.46. The van der Waals surface area contributed by atoms with Crippen molar-refractivity contribution in [2.24, 2.45) is 0 Å². The number of unbranched alkanes of at least 4 members (excludes halogenated alkanes) is 56. The van der Waals surface area contributed by atoms with Crippen LogP contribution in [-0.4, -0.2) is 140 Å². The maximum Gasteiger partial charge on any atom is 0.220 e. The fourth-order valence-corrected chi connectivity index (χ4v) is 14.1. The molecule has 0 aromatic heterocycles. The van der Waals surface area contributed by atoms with Gasteiger partial charge in [-0.25, -0.2) is 0 Å². The number of hydrogen-bond acceptors (Lipinski definition) is 13. The number of hydrogen-bond donors (Lipinski definition) is 9. The third-order valence-corrected chi connectivity index (χ3v) is 20.6. The second-order valence-electron chi connectivity index (χ2n) is 29.6. The molecule has 2 saturated heterocycles. The van der Waals surface area contributed by atoms with Gasteiger partial charge in [-0.2, -0.15) is 0 Å². The lowest BCUT2D eigenvalue weighted by atomic mass is 9.97. The number of nitrogens with one attached hydrogen (secondary N) is 1. The van der Waals surface area contributed by atoms with Crippen molar-refractivity contribution in [3.63, 3.8) is 0 Å². The zero-order valence-corrected chi connectivity index (χ0v) is 62.4. The van der Waals surface area contributed by atoms with E-state index in [0.29, 0.717) is 12.8 Å². The van der Waals surface area contributed by atoms with Gasteiger partial charge in [0.05, 0.1) is 32.0 Å². The van der Waals surface area contributed by atoms with E-state index in [1.165, 1.54) is 334 Å². The van der Waals surface area contributed by atoms with E-state index in [-0.39, 0.29) is 18.9 Å². The third kappa shape index (κ3) is 49.1. The standard InChI is InChI=1S/C82H157NO13/c1-3-5-7-9-11-13-15-17-19-21-23-25-27-29-30-31-32-33-34-35-36-37-38-39-40-42-44-46-48-50-52-54-56-58-60-62-64-66-74(87)83-70(69-93-81-79(92)77(90)80(73(68-85)95-81)96-82-78(91)76(89)75(88)72(67-84)94-82)71(86)65-63-61-59-57-55-53-51-49-47-45-43-41-28-26-24-22-20-18-16-14-12-10-8-6-4-2/h55,57,63,65,70-73,75-82,84-86,88-92H,3-54,56,58-62,64,66-69H2,1-2H3,(H,83,87)/b57-55+,65-63+. The van der Waals surface area contributed by atoms with E-state index in [4.69, 9.17) is 18.9 Å². The van der Waals surface area contributed by atoms with Crippen LogP contribution in [0.4, 0.5) is 0 Å². The van der Waals surface area contributed by atoms with Crippen molar-refractivity contribution in [1.82, 2.24) is 5.32 Å². The Labute approximate surface area is 589 Å². The van der Waals surface area contributed by atoms with Gasteiger partial charge in [-0.15, -0.1) is 0 Å². The van der Waals surface area contributed by atoms with Crippen molar-refractivity contribution in [2.45, 2.75) is 473 Å². The van der Waals surface area contributed by atoms with Crippen molar-refractivity contribution in [3.05, 3.63) is 24.3 Å². The van der Waals surface area contributed by atoms with Gasteiger partial charge in [0.25, 0.3) is 0 Å². The molecule has 0 aromatic rings. The van der Waals surface area contributed by atoms with Gasteiger partial charge < -0.3 is 65.1 Å². The highest BCUT2D eigenvalue weighted by Crippen LogP contribution is 2.30. The van der Waals surface area contributed by atoms with Crippen LogP contribution >= 0.6 is 0 Å². The molecule has 2 rings (SSSR count). The minimum atomic E-state index is -1.79. The highest BCUT2D eigenvalue weighted by atomic mass is 16.7. The zero-order chi connectivity index (χ0) is 69.4. The summed E-state index contributed by atoms with van der Waals surface area (Å²) in [7, 11) is 0. The molecule has 0 aliphatic carbocycles. The molecule has 14 nitrogen and oxygen atoms in total. The van der Waals surface area contributed by atoms with Gasteiger partial charge in [0.2, 0.25) is 5.91 Å². The van der Waals surface area contributed by atoms with E-state index in [1.54, 1.807) is 6.08 Å². The van der Waals surface area contributed by atoms with Crippen LogP contribution in [0, 0.1) is 0 Å². The Bertz CT molecular complexity index is 1700. The van der Waals surface area contributed by atoms with E-state index >= 15 is 0 Å². The minimum absolute atomic E-state index is 0.239. The van der Waals surface area contributed by atoms with Crippen molar-refractivity contribution in [2.75, 3.05) is 19.8 Å². The quantitative estimate of drug-likeness (QED) is 0.0204. The maximum absolute atomic E-state index is 13.4. The predicted octanol–water partition coefficient (Wildman–Crippen LogP) is 19.0. The molecule has 2 aliphatic rings. The van der Waals surface area contributed by atoms with E-state index in [0.717, 1.165) is 32.1 Å². The number of ether oxygens (including phenoxy) is 4. The van der Waals surface area contributed by atoms with Gasteiger partial charge in [0.1, 0.15) is 48.8 Å². The summed E-state index contributed by atoms with van der Waals surface area (Å²) in [6.45, 7) is 2.86. The molecular formula is C82H157NO13. The largest absolute Gasteiger partial charge is 0.394 e. The highest BCUT2D eigenvalue weighted by molar-refractivity contribution is 5.76. The Morgan fingerprint density at radius 1 is 0.365 bits per heavy atom. The molecule has 0 bridgehead atoms. The second kappa shape index (κ2) is 66.7. The van der Waals surface area contributed by atoms with Crippen LogP contribution < -0.4 is 5.32 Å². The Kier molecular flexibility index (Phi) is 62.9. The average Bonchev–Trinajstić information content (AvgIpc) is 0.798. The summed E-state index contributed by atoms with van der Waals surface area (Å²) in [6.07, 6.45) is 70.0. The van der Waals surface area contributed by atoms with Crippen LogP contribution in [0.2, 0.25) is 0 Å². The lowest BCUT2D eigenvalue weighted by Crippen LogP contribution is -2.65. The minimum Gasteiger partial charge on any atom is -0.394 e. The van der Waals surface area contributed by atoms with Gasteiger partial charge >= 0.3 is 0 Å². The molecule has 0 radical (unpaired) electrons. The number of carbonyl (C=O) groups is 1. The molecular weight excluding hydrogens is 1210 g/mol. The molecule has 2 fully saturated rings.